The molecule has 2 rings (SSSR count). The molecule has 0 aliphatic heterocycles. The first-order valence-corrected chi connectivity index (χ1v) is 6.90. The fourth-order valence-corrected chi connectivity index (χ4v) is 2.37. The van der Waals surface area contributed by atoms with Crippen LogP contribution in [0.5, 0.6) is 11.5 Å². The van der Waals surface area contributed by atoms with Crippen molar-refractivity contribution >= 4 is 22.7 Å². The van der Waals surface area contributed by atoms with Crippen molar-refractivity contribution in [3.8, 4) is 22.6 Å². The zero-order chi connectivity index (χ0) is 21.2. The normalized spacial score (nSPS) is 10.2. The predicted molar refractivity (Wildman–Crippen MR) is 85.5 cm³/mol. The summed E-state index contributed by atoms with van der Waals surface area (Å²) < 4.78 is 0. The van der Waals surface area contributed by atoms with Crippen LogP contribution in [0.1, 0.15) is 0 Å². The van der Waals surface area contributed by atoms with Gasteiger partial charge in [-0.15, -0.1) is 0 Å². The third-order valence-electron chi connectivity index (χ3n) is 3.51. The average molecular weight is 398 g/mol. The lowest BCUT2D eigenvalue weighted by Crippen LogP contribution is -2.54. The van der Waals surface area contributed by atoms with Gasteiger partial charge in [0, 0.05) is 24.3 Å². The molecule has 16 heteroatoms. The fourth-order valence-electron chi connectivity index (χ4n) is 2.37. The monoisotopic (exact) mass is 398 g/mol. The van der Waals surface area contributed by atoms with E-state index in [-0.39, 0.29) is 11.1 Å². The number of benzene rings is 2. The Hall–Kier alpha value is -4.44. The molecular weight excluding hydrogens is 388 g/mol. The molecule has 0 atom stereocenters. The highest BCUT2D eigenvalue weighted by Gasteiger charge is 2.34. The molecule has 6 N–H and O–H groups in total. The van der Waals surface area contributed by atoms with Crippen LogP contribution in [0.3, 0.4) is 0 Å². The van der Waals surface area contributed by atoms with E-state index in [1.807, 2.05) is 0 Å². The van der Waals surface area contributed by atoms with Crippen LogP contribution in [0.25, 0.3) is 11.1 Å². The van der Waals surface area contributed by atoms with Crippen LogP contribution in [-0.4, -0.2) is 19.7 Å². The van der Waals surface area contributed by atoms with E-state index in [0.29, 0.717) is 0 Å². The van der Waals surface area contributed by atoms with Crippen molar-refractivity contribution in [2.75, 3.05) is 0 Å². The van der Waals surface area contributed by atoms with Crippen LogP contribution in [0, 0.1) is 40.5 Å². The molecule has 0 unspecified atom stereocenters. The van der Waals surface area contributed by atoms with Crippen LogP contribution in [0.4, 0.5) is 22.7 Å². The number of nitro groups is 4. The van der Waals surface area contributed by atoms with Gasteiger partial charge >= 0.3 is 34.2 Å². The Labute approximate surface area is 152 Å². The molecule has 2 aromatic rings. The van der Waals surface area contributed by atoms with E-state index in [1.165, 1.54) is 0 Å². The van der Waals surface area contributed by atoms with Crippen molar-refractivity contribution in [1.29, 1.82) is 0 Å². The van der Waals surface area contributed by atoms with E-state index in [9.17, 15) is 40.5 Å². The second kappa shape index (κ2) is 7.43. The van der Waals surface area contributed by atoms with Gasteiger partial charge in [0.1, 0.15) is 0 Å². The minimum atomic E-state index is -0.993. The Bertz CT molecular complexity index is 870. The molecule has 0 saturated carbocycles. The smallest absolute Gasteiger partial charge is 0.306 e. The SMILES string of the molecule is [NH3+]Oc1c([N+](=O)[O-])cc(-c2cc([N+](=O)[O-])c(O[NH3+])c([N+](=O)[O-])c2)cc1[N+](=O)[O-]. The molecule has 2 aromatic carbocycles. The van der Waals surface area contributed by atoms with E-state index < -0.39 is 53.9 Å². The molecule has 0 spiro atoms. The molecule has 0 aromatic heterocycles. The second-order valence-electron chi connectivity index (χ2n) is 5.00. The highest BCUT2D eigenvalue weighted by Crippen LogP contribution is 2.44. The summed E-state index contributed by atoms with van der Waals surface area (Å²) in [4.78, 5) is 49.9. The Balaban J connectivity index is 2.91. The van der Waals surface area contributed by atoms with Gasteiger partial charge < -0.3 is 9.68 Å². The summed E-state index contributed by atoms with van der Waals surface area (Å²) in [6.45, 7) is 0. The van der Waals surface area contributed by atoms with Gasteiger partial charge in [0.15, 0.2) is 0 Å². The summed E-state index contributed by atoms with van der Waals surface area (Å²) in [5.74, 6) is 4.36. The molecule has 16 nitrogen and oxygen atoms in total. The van der Waals surface area contributed by atoms with E-state index in [2.05, 4.69) is 21.5 Å². The van der Waals surface area contributed by atoms with Crippen molar-refractivity contribution in [3.05, 3.63) is 64.7 Å². The number of nitrogens with zero attached hydrogens (tertiary/aromatic N) is 4. The zero-order valence-electron chi connectivity index (χ0n) is 13.6. The third-order valence-corrected chi connectivity index (χ3v) is 3.51. The summed E-state index contributed by atoms with van der Waals surface area (Å²) in [6, 6.07) is 3.23. The maximum Gasteiger partial charge on any atom is 0.343 e. The number of quaternary nitrogens is 2. The first-order chi connectivity index (χ1) is 13.1. The van der Waals surface area contributed by atoms with Crippen molar-refractivity contribution in [1.82, 2.24) is 0 Å². The van der Waals surface area contributed by atoms with Gasteiger partial charge in [-0.3, -0.25) is 40.5 Å². The molecular formula is C12H10N6O10+2. The van der Waals surface area contributed by atoms with Crippen molar-refractivity contribution in [2.45, 2.75) is 0 Å². The Morgan fingerprint density at radius 1 is 0.571 bits per heavy atom. The van der Waals surface area contributed by atoms with Gasteiger partial charge in [0.2, 0.25) is 0 Å². The molecule has 0 heterocycles. The lowest BCUT2D eigenvalue weighted by Gasteiger charge is -2.07. The Morgan fingerprint density at radius 3 is 0.929 bits per heavy atom. The largest absolute Gasteiger partial charge is 0.343 e. The number of rotatable bonds is 7. The van der Waals surface area contributed by atoms with Gasteiger partial charge in [-0.2, -0.15) is 11.8 Å². The predicted octanol–water partition coefficient (Wildman–Crippen LogP) is 0.0578. The van der Waals surface area contributed by atoms with E-state index in [1.54, 1.807) is 0 Å². The number of nitro benzene ring substituents is 4. The molecule has 0 amide bonds. The molecule has 146 valence electrons. The lowest BCUT2D eigenvalue weighted by molar-refractivity contribution is -0.638. The van der Waals surface area contributed by atoms with Gasteiger partial charge in [-0.05, 0) is 11.1 Å². The van der Waals surface area contributed by atoms with Crippen LogP contribution in [0.15, 0.2) is 24.3 Å². The standard InChI is InChI=1S/C12H10N6O10/c13-27-11-7(15(19)20)1-5(2-8(11)16(21)22)6-3-9(17(23)24)12(28-14)10(4-6)18(25)26/h1-4H,13-14H3/q+2. The van der Waals surface area contributed by atoms with Crippen LogP contribution in [-0.2, 0) is 0 Å². The Kier molecular flexibility index (Phi) is 5.28. The third kappa shape index (κ3) is 3.43. The van der Waals surface area contributed by atoms with Gasteiger partial charge in [-0.25, -0.2) is 0 Å². The summed E-state index contributed by atoms with van der Waals surface area (Å²) in [5, 5.41) is 44.9. The molecule has 0 aliphatic rings. The molecule has 0 bridgehead atoms. The average Bonchev–Trinajstić information content (AvgIpc) is 2.65. The maximum absolute atomic E-state index is 11.2. The van der Waals surface area contributed by atoms with Crippen LogP contribution in [0.2, 0.25) is 0 Å². The highest BCUT2D eigenvalue weighted by atomic mass is 16.7. The maximum atomic E-state index is 11.2. The Morgan fingerprint density at radius 2 is 0.786 bits per heavy atom. The summed E-state index contributed by atoms with van der Waals surface area (Å²) in [6.07, 6.45) is 0. The quantitative estimate of drug-likeness (QED) is 0.468. The summed E-state index contributed by atoms with van der Waals surface area (Å²) >= 11 is 0. The van der Waals surface area contributed by atoms with Crippen LogP contribution < -0.4 is 21.5 Å². The molecule has 28 heavy (non-hydrogen) atoms. The minimum absolute atomic E-state index is 0.277. The van der Waals surface area contributed by atoms with Gasteiger partial charge in [0.05, 0.1) is 19.7 Å². The first kappa shape index (κ1) is 19.9. The molecule has 0 saturated heterocycles. The number of hydrogen-bond donors (Lipinski definition) is 2. The number of hydrogen-bond acceptors (Lipinski definition) is 10. The van der Waals surface area contributed by atoms with E-state index in [0.717, 1.165) is 24.3 Å². The van der Waals surface area contributed by atoms with Crippen molar-refractivity contribution in [2.24, 2.45) is 0 Å². The van der Waals surface area contributed by atoms with E-state index >= 15 is 0 Å². The summed E-state index contributed by atoms with van der Waals surface area (Å²) in [7, 11) is 0. The molecule has 0 aliphatic carbocycles. The zero-order valence-corrected chi connectivity index (χ0v) is 13.6. The van der Waals surface area contributed by atoms with Crippen LogP contribution >= 0.6 is 0 Å². The summed E-state index contributed by atoms with van der Waals surface area (Å²) in [5.41, 5.74) is -3.99. The molecule has 0 fully saturated rings. The first-order valence-electron chi connectivity index (χ1n) is 6.90. The fraction of sp³-hybridized carbons (Fsp3) is 0. The topological polar surface area (TPSA) is 246 Å². The highest BCUT2D eigenvalue weighted by molar-refractivity contribution is 5.79. The van der Waals surface area contributed by atoms with Gasteiger partial charge in [0.25, 0.3) is 0 Å². The minimum Gasteiger partial charge on any atom is -0.306 e. The van der Waals surface area contributed by atoms with Crippen molar-refractivity contribution < 1.29 is 41.2 Å². The van der Waals surface area contributed by atoms with E-state index in [4.69, 9.17) is 0 Å². The van der Waals surface area contributed by atoms with Gasteiger partial charge in [-0.1, -0.05) is 0 Å². The lowest BCUT2D eigenvalue weighted by atomic mass is 10.0. The van der Waals surface area contributed by atoms with Crippen molar-refractivity contribution in [3.63, 3.8) is 0 Å². The second-order valence-corrected chi connectivity index (χ2v) is 5.00. The molecule has 0 radical (unpaired) electrons.